The summed E-state index contributed by atoms with van der Waals surface area (Å²) in [5.41, 5.74) is 1.45. The third-order valence-corrected chi connectivity index (χ3v) is 6.21. The minimum absolute atomic E-state index is 0.745. The number of rotatable bonds is 5. The lowest BCUT2D eigenvalue weighted by Gasteiger charge is -2.35. The van der Waals surface area contributed by atoms with Gasteiger partial charge >= 0.3 is 0 Å². The van der Waals surface area contributed by atoms with Crippen LogP contribution in [-0.4, -0.2) is 41.6 Å². The highest BCUT2D eigenvalue weighted by Crippen LogP contribution is 2.29. The second-order valence-corrected chi connectivity index (χ2v) is 7.59. The Morgan fingerprint density at radius 3 is 2.57 bits per heavy atom. The maximum Gasteiger partial charge on any atom is 0.0233 e. The Hall–Kier alpha value is -0.510. The minimum atomic E-state index is 0.745. The molecule has 0 amide bonds. The Kier molecular flexibility index (Phi) is 5.61. The molecule has 1 N–H and O–H groups in total. The summed E-state index contributed by atoms with van der Waals surface area (Å²) in [5.74, 6) is 0. The predicted octanol–water partition coefficient (Wildman–Crippen LogP) is 3.52. The number of likely N-dealkylation sites (tertiary alicyclic amines) is 1. The summed E-state index contributed by atoms with van der Waals surface area (Å²) in [5, 5.41) is 4.81. The van der Waals surface area contributed by atoms with Gasteiger partial charge in [0, 0.05) is 23.9 Å². The molecule has 2 nitrogen and oxygen atoms in total. The van der Waals surface area contributed by atoms with Crippen LogP contribution >= 0.6 is 11.8 Å². The Bertz CT molecular complexity index is 414. The first-order valence-corrected chi connectivity index (χ1v) is 9.69. The molecule has 21 heavy (non-hydrogen) atoms. The first kappa shape index (κ1) is 15.4. The van der Waals surface area contributed by atoms with Crippen molar-refractivity contribution in [2.75, 3.05) is 19.3 Å². The number of nitrogens with zero attached hydrogens (tertiary/aromatic N) is 1. The van der Waals surface area contributed by atoms with Gasteiger partial charge in [0.05, 0.1) is 0 Å². The van der Waals surface area contributed by atoms with Crippen LogP contribution in [0.5, 0.6) is 0 Å². The summed E-state index contributed by atoms with van der Waals surface area (Å²) in [6, 6.07) is 12.4. The van der Waals surface area contributed by atoms with Crippen molar-refractivity contribution in [1.29, 1.82) is 0 Å². The lowest BCUT2D eigenvalue weighted by Crippen LogP contribution is -2.47. The molecule has 0 bridgehead atoms. The van der Waals surface area contributed by atoms with Crippen molar-refractivity contribution >= 4 is 11.8 Å². The third kappa shape index (κ3) is 4.24. The molecule has 0 radical (unpaired) electrons. The molecule has 0 spiro atoms. The Balaban J connectivity index is 1.43. The molecule has 2 aliphatic rings. The van der Waals surface area contributed by atoms with Crippen LogP contribution in [0.15, 0.2) is 30.3 Å². The van der Waals surface area contributed by atoms with Gasteiger partial charge in [0.15, 0.2) is 0 Å². The van der Waals surface area contributed by atoms with Crippen molar-refractivity contribution in [1.82, 2.24) is 10.2 Å². The van der Waals surface area contributed by atoms with E-state index in [1.54, 1.807) is 0 Å². The summed E-state index contributed by atoms with van der Waals surface area (Å²) in [7, 11) is 0. The highest BCUT2D eigenvalue weighted by Gasteiger charge is 2.29. The molecule has 2 unspecified atom stereocenters. The first-order chi connectivity index (χ1) is 10.3. The van der Waals surface area contributed by atoms with Crippen molar-refractivity contribution < 1.29 is 0 Å². The van der Waals surface area contributed by atoms with Gasteiger partial charge in [-0.05, 0) is 50.6 Å². The van der Waals surface area contributed by atoms with E-state index in [-0.39, 0.29) is 0 Å². The number of piperidine rings is 1. The highest BCUT2D eigenvalue weighted by molar-refractivity contribution is 7.99. The van der Waals surface area contributed by atoms with E-state index in [4.69, 9.17) is 0 Å². The molecule has 1 saturated carbocycles. The number of nitrogens with one attached hydrogen (secondary N) is 1. The van der Waals surface area contributed by atoms with Gasteiger partial charge in [-0.15, -0.1) is 0 Å². The molecule has 1 aliphatic carbocycles. The van der Waals surface area contributed by atoms with Gasteiger partial charge in [-0.1, -0.05) is 36.8 Å². The zero-order valence-corrected chi connectivity index (χ0v) is 13.9. The summed E-state index contributed by atoms with van der Waals surface area (Å²) in [6.45, 7) is 3.59. The molecule has 1 saturated heterocycles. The summed E-state index contributed by atoms with van der Waals surface area (Å²) in [6.07, 6.45) is 9.10. The van der Waals surface area contributed by atoms with E-state index >= 15 is 0 Å². The van der Waals surface area contributed by atoms with Gasteiger partial charge in [0.25, 0.3) is 0 Å². The van der Waals surface area contributed by atoms with Gasteiger partial charge in [-0.2, -0.15) is 11.8 Å². The van der Waals surface area contributed by atoms with Gasteiger partial charge < -0.3 is 5.32 Å². The molecule has 3 rings (SSSR count). The van der Waals surface area contributed by atoms with E-state index < -0.39 is 0 Å². The molecule has 1 heterocycles. The van der Waals surface area contributed by atoms with Crippen LogP contribution in [0.4, 0.5) is 0 Å². The fourth-order valence-electron chi connectivity index (χ4n) is 3.80. The second kappa shape index (κ2) is 7.66. The van der Waals surface area contributed by atoms with Crippen molar-refractivity contribution in [3.63, 3.8) is 0 Å². The fraction of sp³-hybridized carbons (Fsp3) is 0.667. The van der Waals surface area contributed by atoms with E-state index in [2.05, 4.69) is 58.6 Å². The Labute approximate surface area is 133 Å². The molecule has 0 aromatic heterocycles. The lowest BCUT2D eigenvalue weighted by atomic mass is 10.0. The smallest absolute Gasteiger partial charge is 0.0233 e. The van der Waals surface area contributed by atoms with Crippen LogP contribution in [0.1, 0.15) is 37.7 Å². The van der Waals surface area contributed by atoms with Gasteiger partial charge in [-0.25, -0.2) is 0 Å². The molecule has 1 aliphatic heterocycles. The molecule has 1 aromatic carbocycles. The van der Waals surface area contributed by atoms with Crippen molar-refractivity contribution in [2.24, 2.45) is 0 Å². The molecule has 2 atom stereocenters. The normalized spacial score (nSPS) is 28.0. The highest BCUT2D eigenvalue weighted by atomic mass is 32.2. The van der Waals surface area contributed by atoms with E-state index in [1.807, 2.05) is 0 Å². The quantitative estimate of drug-likeness (QED) is 0.896. The number of benzene rings is 1. The maximum absolute atomic E-state index is 3.96. The standard InChI is InChI=1S/C18H28N2S/c1-21-18-9-5-8-17(18)19-16-10-12-20(13-11-16)14-15-6-3-2-4-7-15/h2-4,6-7,16-19H,5,8-14H2,1H3. The topological polar surface area (TPSA) is 15.3 Å². The molecular weight excluding hydrogens is 276 g/mol. The average Bonchev–Trinajstić information content (AvgIpc) is 2.97. The van der Waals surface area contributed by atoms with E-state index in [0.29, 0.717) is 0 Å². The first-order valence-electron chi connectivity index (χ1n) is 8.40. The van der Waals surface area contributed by atoms with E-state index in [0.717, 1.165) is 23.9 Å². The van der Waals surface area contributed by atoms with Crippen LogP contribution in [0.25, 0.3) is 0 Å². The largest absolute Gasteiger partial charge is 0.310 e. The number of hydrogen-bond donors (Lipinski definition) is 1. The average molecular weight is 305 g/mol. The molecule has 2 fully saturated rings. The van der Waals surface area contributed by atoms with Crippen molar-refractivity contribution in [3.05, 3.63) is 35.9 Å². The molecule has 1 aromatic rings. The molecular formula is C18H28N2S. The Morgan fingerprint density at radius 1 is 1.10 bits per heavy atom. The molecule has 116 valence electrons. The predicted molar refractivity (Wildman–Crippen MR) is 92.8 cm³/mol. The summed E-state index contributed by atoms with van der Waals surface area (Å²) < 4.78 is 0. The third-order valence-electron chi connectivity index (χ3n) is 5.04. The molecule has 3 heteroatoms. The monoisotopic (exact) mass is 304 g/mol. The van der Waals surface area contributed by atoms with Crippen LogP contribution < -0.4 is 5.32 Å². The van der Waals surface area contributed by atoms with Crippen LogP contribution in [0.2, 0.25) is 0 Å². The van der Waals surface area contributed by atoms with Crippen LogP contribution in [0, 0.1) is 0 Å². The zero-order valence-electron chi connectivity index (χ0n) is 13.1. The van der Waals surface area contributed by atoms with Crippen molar-refractivity contribution in [3.8, 4) is 0 Å². The summed E-state index contributed by atoms with van der Waals surface area (Å²) in [4.78, 5) is 2.61. The number of hydrogen-bond acceptors (Lipinski definition) is 3. The fourth-order valence-corrected chi connectivity index (χ4v) is 4.75. The number of thioether (sulfide) groups is 1. The van der Waals surface area contributed by atoms with E-state index in [1.165, 1.54) is 50.8 Å². The van der Waals surface area contributed by atoms with Crippen LogP contribution in [0.3, 0.4) is 0 Å². The lowest BCUT2D eigenvalue weighted by molar-refractivity contribution is 0.184. The van der Waals surface area contributed by atoms with Crippen LogP contribution in [-0.2, 0) is 6.54 Å². The zero-order chi connectivity index (χ0) is 14.5. The Morgan fingerprint density at radius 2 is 1.86 bits per heavy atom. The SMILES string of the molecule is CSC1CCCC1NC1CCN(Cc2ccccc2)CC1. The van der Waals surface area contributed by atoms with Gasteiger partial charge in [-0.3, -0.25) is 4.90 Å². The second-order valence-electron chi connectivity index (χ2n) is 6.51. The maximum atomic E-state index is 3.96. The minimum Gasteiger partial charge on any atom is -0.310 e. The summed E-state index contributed by atoms with van der Waals surface area (Å²) >= 11 is 2.06. The van der Waals surface area contributed by atoms with Gasteiger partial charge in [0.1, 0.15) is 0 Å². The van der Waals surface area contributed by atoms with Crippen molar-refractivity contribution in [2.45, 2.75) is 56.0 Å². The van der Waals surface area contributed by atoms with E-state index in [9.17, 15) is 0 Å². The van der Waals surface area contributed by atoms with Gasteiger partial charge in [0.2, 0.25) is 0 Å².